The van der Waals surface area contributed by atoms with Gasteiger partial charge >= 0.3 is 6.03 Å². The van der Waals surface area contributed by atoms with Crippen LogP contribution in [0.4, 0.5) is 9.18 Å². The second kappa shape index (κ2) is 7.13. The van der Waals surface area contributed by atoms with Crippen LogP contribution in [0.2, 0.25) is 0 Å². The Morgan fingerprint density at radius 1 is 1.19 bits per heavy atom. The van der Waals surface area contributed by atoms with Gasteiger partial charge in [0.05, 0.1) is 6.04 Å². The van der Waals surface area contributed by atoms with E-state index in [2.05, 4.69) is 5.32 Å². The van der Waals surface area contributed by atoms with Crippen molar-refractivity contribution in [2.45, 2.75) is 57.5 Å². The van der Waals surface area contributed by atoms with Gasteiger partial charge in [-0.3, -0.25) is 4.79 Å². The highest BCUT2D eigenvalue weighted by atomic mass is 19.1. The van der Waals surface area contributed by atoms with E-state index in [1.807, 2.05) is 11.8 Å². The lowest BCUT2D eigenvalue weighted by Gasteiger charge is -2.39. The number of hydrogen-bond acceptors (Lipinski definition) is 2. The van der Waals surface area contributed by atoms with Gasteiger partial charge in [0.15, 0.2) is 0 Å². The number of piperidine rings is 2. The Morgan fingerprint density at radius 3 is 2.63 bits per heavy atom. The fourth-order valence-corrected chi connectivity index (χ4v) is 4.55. The molecule has 2 unspecified atom stereocenters. The van der Waals surface area contributed by atoms with E-state index in [-0.39, 0.29) is 23.8 Å². The Labute approximate surface area is 159 Å². The van der Waals surface area contributed by atoms with Gasteiger partial charge in [-0.1, -0.05) is 12.1 Å². The fraction of sp³-hybridized carbons (Fsp3) is 0.619. The molecule has 5 nitrogen and oxygen atoms in total. The van der Waals surface area contributed by atoms with Crippen LogP contribution in [0.5, 0.6) is 0 Å². The number of benzene rings is 1. The van der Waals surface area contributed by atoms with Gasteiger partial charge in [0, 0.05) is 19.6 Å². The van der Waals surface area contributed by atoms with E-state index in [4.69, 9.17) is 0 Å². The minimum absolute atomic E-state index is 0.0374. The first-order valence-corrected chi connectivity index (χ1v) is 10.1. The Kier molecular flexibility index (Phi) is 4.82. The summed E-state index contributed by atoms with van der Waals surface area (Å²) in [6.45, 7) is 4.23. The molecule has 146 valence electrons. The van der Waals surface area contributed by atoms with Gasteiger partial charge in [-0.05, 0) is 68.6 Å². The predicted octanol–water partition coefficient (Wildman–Crippen LogP) is 3.46. The van der Waals surface area contributed by atoms with Crippen molar-refractivity contribution in [2.24, 2.45) is 5.41 Å². The molecule has 1 aromatic rings. The molecule has 2 atom stereocenters. The van der Waals surface area contributed by atoms with E-state index in [0.717, 1.165) is 31.5 Å². The van der Waals surface area contributed by atoms with Crippen LogP contribution in [0.15, 0.2) is 24.3 Å². The molecular formula is C21H28FN3O2. The van der Waals surface area contributed by atoms with Crippen LogP contribution in [0.25, 0.3) is 0 Å². The SMILES string of the molecule is CC(c1ccc(F)cc1)N1CCCC(NC(=O)N2CCCC3(CC3)C2)C1=O. The van der Waals surface area contributed by atoms with Crippen LogP contribution < -0.4 is 5.32 Å². The number of amides is 3. The summed E-state index contributed by atoms with van der Waals surface area (Å²) in [5.41, 5.74) is 1.28. The summed E-state index contributed by atoms with van der Waals surface area (Å²) >= 11 is 0. The molecule has 1 aliphatic carbocycles. The van der Waals surface area contributed by atoms with Crippen molar-refractivity contribution < 1.29 is 14.0 Å². The largest absolute Gasteiger partial charge is 0.334 e. The Hall–Kier alpha value is -2.11. The topological polar surface area (TPSA) is 52.7 Å². The van der Waals surface area contributed by atoms with Crippen LogP contribution in [0.3, 0.4) is 0 Å². The van der Waals surface area contributed by atoms with Crippen molar-refractivity contribution in [2.75, 3.05) is 19.6 Å². The molecule has 3 aliphatic rings. The van der Waals surface area contributed by atoms with Crippen LogP contribution >= 0.6 is 0 Å². The number of carbonyl (C=O) groups is 2. The number of hydrogen-bond donors (Lipinski definition) is 1. The van der Waals surface area contributed by atoms with Crippen LogP contribution in [0.1, 0.15) is 57.1 Å². The van der Waals surface area contributed by atoms with Crippen LogP contribution in [-0.4, -0.2) is 47.4 Å². The monoisotopic (exact) mass is 373 g/mol. The average Bonchev–Trinajstić information content (AvgIpc) is 3.42. The first-order valence-electron chi connectivity index (χ1n) is 10.1. The highest BCUT2D eigenvalue weighted by Gasteiger charge is 2.46. The predicted molar refractivity (Wildman–Crippen MR) is 101 cm³/mol. The van der Waals surface area contributed by atoms with Gasteiger partial charge < -0.3 is 15.1 Å². The zero-order valence-electron chi connectivity index (χ0n) is 15.9. The van der Waals surface area contributed by atoms with E-state index in [1.165, 1.54) is 31.4 Å². The van der Waals surface area contributed by atoms with E-state index < -0.39 is 6.04 Å². The number of rotatable bonds is 3. The van der Waals surface area contributed by atoms with Crippen LogP contribution in [0, 0.1) is 11.2 Å². The van der Waals surface area contributed by atoms with E-state index in [0.29, 0.717) is 18.4 Å². The van der Waals surface area contributed by atoms with Crippen molar-refractivity contribution in [3.63, 3.8) is 0 Å². The second-order valence-electron chi connectivity index (χ2n) is 8.43. The second-order valence-corrected chi connectivity index (χ2v) is 8.43. The lowest BCUT2D eigenvalue weighted by molar-refractivity contribution is -0.138. The minimum Gasteiger partial charge on any atom is -0.334 e. The summed E-state index contributed by atoms with van der Waals surface area (Å²) in [7, 11) is 0. The van der Waals surface area contributed by atoms with Gasteiger partial charge in [0.1, 0.15) is 11.9 Å². The molecule has 0 bridgehead atoms. The fourth-order valence-electron chi connectivity index (χ4n) is 4.55. The van der Waals surface area contributed by atoms with Crippen molar-refractivity contribution in [3.05, 3.63) is 35.6 Å². The number of halogens is 1. The molecule has 1 saturated carbocycles. The van der Waals surface area contributed by atoms with Crippen molar-refractivity contribution in [3.8, 4) is 0 Å². The summed E-state index contributed by atoms with van der Waals surface area (Å²) in [5, 5.41) is 2.99. The Morgan fingerprint density at radius 2 is 1.93 bits per heavy atom. The molecule has 6 heteroatoms. The highest BCUT2D eigenvalue weighted by molar-refractivity contribution is 5.88. The first kappa shape index (κ1) is 18.3. The molecule has 3 fully saturated rings. The quantitative estimate of drug-likeness (QED) is 0.882. The van der Waals surface area contributed by atoms with Crippen molar-refractivity contribution in [1.82, 2.24) is 15.1 Å². The highest BCUT2D eigenvalue weighted by Crippen LogP contribution is 2.52. The maximum Gasteiger partial charge on any atom is 0.318 e. The third-order valence-electron chi connectivity index (χ3n) is 6.50. The van der Waals surface area contributed by atoms with Gasteiger partial charge in [0.2, 0.25) is 5.91 Å². The standard InChI is InChI=1S/C21H28FN3O2/c1-15(16-5-7-17(22)8-6-16)25-13-2-4-18(19(25)26)23-20(27)24-12-3-9-21(14-24)10-11-21/h5-8,15,18H,2-4,9-14H2,1H3,(H,23,27). The maximum atomic E-state index is 13.2. The van der Waals surface area contributed by atoms with Crippen molar-refractivity contribution >= 4 is 11.9 Å². The maximum absolute atomic E-state index is 13.2. The van der Waals surface area contributed by atoms with Gasteiger partial charge in [-0.2, -0.15) is 0 Å². The van der Waals surface area contributed by atoms with Gasteiger partial charge in [-0.25, -0.2) is 9.18 Å². The average molecular weight is 373 g/mol. The summed E-state index contributed by atoms with van der Waals surface area (Å²) < 4.78 is 13.2. The van der Waals surface area contributed by atoms with Crippen LogP contribution in [-0.2, 0) is 4.79 Å². The lowest BCUT2D eigenvalue weighted by atomic mass is 9.95. The summed E-state index contributed by atoms with van der Waals surface area (Å²) in [5.74, 6) is -0.319. The van der Waals surface area contributed by atoms with Gasteiger partial charge in [0.25, 0.3) is 0 Å². The normalized spacial score (nSPS) is 25.4. The molecule has 4 rings (SSSR count). The summed E-state index contributed by atoms with van der Waals surface area (Å²) in [6.07, 6.45) is 6.26. The lowest BCUT2D eigenvalue weighted by Crippen LogP contribution is -2.56. The Balaban J connectivity index is 1.39. The molecule has 2 aliphatic heterocycles. The molecular weight excluding hydrogens is 345 g/mol. The van der Waals surface area contributed by atoms with Crippen molar-refractivity contribution in [1.29, 1.82) is 0 Å². The zero-order chi connectivity index (χ0) is 19.0. The summed E-state index contributed by atoms with van der Waals surface area (Å²) in [6, 6.07) is 5.58. The Bertz CT molecular complexity index is 717. The molecule has 2 heterocycles. The molecule has 1 aromatic carbocycles. The third-order valence-corrected chi connectivity index (χ3v) is 6.50. The summed E-state index contributed by atoms with van der Waals surface area (Å²) in [4.78, 5) is 29.4. The molecule has 1 N–H and O–H groups in total. The molecule has 3 amide bonds. The van der Waals surface area contributed by atoms with E-state index >= 15 is 0 Å². The molecule has 2 saturated heterocycles. The van der Waals surface area contributed by atoms with Gasteiger partial charge in [-0.15, -0.1) is 0 Å². The minimum atomic E-state index is -0.466. The number of urea groups is 1. The zero-order valence-corrected chi connectivity index (χ0v) is 15.9. The first-order chi connectivity index (χ1) is 13.0. The number of carbonyl (C=O) groups excluding carboxylic acids is 2. The smallest absolute Gasteiger partial charge is 0.318 e. The number of nitrogens with one attached hydrogen (secondary N) is 1. The number of nitrogens with zero attached hydrogens (tertiary/aromatic N) is 2. The third kappa shape index (κ3) is 3.80. The van der Waals surface area contributed by atoms with E-state index in [9.17, 15) is 14.0 Å². The molecule has 27 heavy (non-hydrogen) atoms. The van der Waals surface area contributed by atoms with E-state index in [1.54, 1.807) is 17.0 Å². The molecule has 0 radical (unpaired) electrons. The number of likely N-dealkylation sites (tertiary alicyclic amines) is 2. The molecule has 1 spiro atoms. The molecule has 0 aromatic heterocycles.